The lowest BCUT2D eigenvalue weighted by molar-refractivity contribution is -0.0828. The van der Waals surface area contributed by atoms with Gasteiger partial charge in [0.1, 0.15) is 0 Å². The fourth-order valence-corrected chi connectivity index (χ4v) is 5.49. The first-order valence-corrected chi connectivity index (χ1v) is 7.17. The molecular formula is C14H23Cl. The highest BCUT2D eigenvalue weighted by Crippen LogP contribution is 2.63. The van der Waals surface area contributed by atoms with Crippen LogP contribution in [0.15, 0.2) is 0 Å². The monoisotopic (exact) mass is 226 g/mol. The molecule has 86 valence electrons. The molecule has 0 aromatic rings. The van der Waals surface area contributed by atoms with E-state index in [0.29, 0.717) is 10.8 Å². The number of hydrogen-bond donors (Lipinski definition) is 0. The number of halogens is 1. The molecule has 2 atom stereocenters. The molecule has 0 radical (unpaired) electrons. The molecule has 4 aliphatic carbocycles. The Labute approximate surface area is 98.8 Å². The van der Waals surface area contributed by atoms with Crippen molar-refractivity contribution in [1.29, 1.82) is 0 Å². The van der Waals surface area contributed by atoms with E-state index in [9.17, 15) is 0 Å². The smallest absolute Gasteiger partial charge is 0.0338 e. The molecule has 0 spiro atoms. The first kappa shape index (κ1) is 10.4. The summed E-state index contributed by atoms with van der Waals surface area (Å²) in [5.41, 5.74) is 0.649. The van der Waals surface area contributed by atoms with Crippen molar-refractivity contribution in [1.82, 2.24) is 0 Å². The summed E-state index contributed by atoms with van der Waals surface area (Å²) in [4.78, 5) is 0. The van der Waals surface area contributed by atoms with Crippen molar-refractivity contribution in [3.05, 3.63) is 0 Å². The highest BCUT2D eigenvalue weighted by molar-refractivity contribution is 6.20. The van der Waals surface area contributed by atoms with E-state index in [4.69, 9.17) is 11.6 Å². The Hall–Kier alpha value is 0.290. The van der Waals surface area contributed by atoms with Crippen LogP contribution in [0.3, 0.4) is 0 Å². The summed E-state index contributed by atoms with van der Waals surface area (Å²) in [5.74, 6) is 3.92. The minimum Gasteiger partial charge on any atom is -0.123 e. The summed E-state index contributed by atoms with van der Waals surface area (Å²) in [6, 6.07) is 0. The first-order chi connectivity index (χ1) is 7.09. The molecule has 0 N–H and O–H groups in total. The van der Waals surface area contributed by atoms with Gasteiger partial charge in [-0.1, -0.05) is 6.92 Å². The van der Waals surface area contributed by atoms with Gasteiger partial charge in [0, 0.05) is 5.38 Å². The van der Waals surface area contributed by atoms with Gasteiger partial charge in [-0.05, 0) is 74.5 Å². The van der Waals surface area contributed by atoms with Crippen molar-refractivity contribution in [2.45, 2.75) is 57.7 Å². The lowest BCUT2D eigenvalue weighted by Gasteiger charge is -2.59. The number of rotatable bonds is 2. The topological polar surface area (TPSA) is 0 Å². The van der Waals surface area contributed by atoms with E-state index >= 15 is 0 Å². The molecule has 0 aromatic carbocycles. The molecular weight excluding hydrogens is 204 g/mol. The number of alkyl halides is 1. The van der Waals surface area contributed by atoms with Gasteiger partial charge in [0.2, 0.25) is 0 Å². The maximum absolute atomic E-state index is 6.36. The fourth-order valence-electron chi connectivity index (χ4n) is 5.22. The van der Waals surface area contributed by atoms with Gasteiger partial charge < -0.3 is 0 Å². The van der Waals surface area contributed by atoms with Gasteiger partial charge in [-0.3, -0.25) is 0 Å². The summed E-state index contributed by atoms with van der Waals surface area (Å²) in [6.07, 6.45) is 9.12. The van der Waals surface area contributed by atoms with Gasteiger partial charge in [0.05, 0.1) is 0 Å². The van der Waals surface area contributed by atoms with E-state index in [1.54, 1.807) is 19.3 Å². The summed E-state index contributed by atoms with van der Waals surface area (Å²) in [5, 5.41) is 0.362. The van der Waals surface area contributed by atoms with Gasteiger partial charge in [0.25, 0.3) is 0 Å². The van der Waals surface area contributed by atoms with Crippen LogP contribution in [-0.4, -0.2) is 5.38 Å². The number of hydrogen-bond acceptors (Lipinski definition) is 0. The predicted octanol–water partition coefficient (Wildman–Crippen LogP) is 4.47. The second-order valence-corrected chi connectivity index (χ2v) is 7.43. The molecule has 0 nitrogen and oxygen atoms in total. The molecule has 15 heavy (non-hydrogen) atoms. The average Bonchev–Trinajstić information content (AvgIpc) is 2.14. The lowest BCUT2D eigenvalue weighted by atomic mass is 9.46. The van der Waals surface area contributed by atoms with Crippen LogP contribution in [0.5, 0.6) is 0 Å². The third kappa shape index (κ3) is 1.55. The lowest BCUT2D eigenvalue weighted by Crippen LogP contribution is -2.50. The maximum Gasteiger partial charge on any atom is 0.0338 e. The Morgan fingerprint density at radius 2 is 1.33 bits per heavy atom. The highest BCUT2D eigenvalue weighted by atomic mass is 35.5. The zero-order chi connectivity index (χ0) is 10.6. The van der Waals surface area contributed by atoms with Crippen molar-refractivity contribution in [2.75, 3.05) is 0 Å². The van der Waals surface area contributed by atoms with Crippen LogP contribution in [0.4, 0.5) is 0 Å². The van der Waals surface area contributed by atoms with Crippen LogP contribution in [0.25, 0.3) is 0 Å². The largest absolute Gasteiger partial charge is 0.123 e. The molecule has 0 aromatic heterocycles. The third-order valence-corrected chi connectivity index (χ3v) is 6.12. The Morgan fingerprint density at radius 1 is 0.933 bits per heavy atom. The second-order valence-electron chi connectivity index (χ2n) is 6.75. The van der Waals surface area contributed by atoms with Crippen LogP contribution >= 0.6 is 11.6 Å². The van der Waals surface area contributed by atoms with E-state index in [0.717, 1.165) is 23.7 Å². The highest BCUT2D eigenvalue weighted by Gasteiger charge is 2.53. The zero-order valence-electron chi connectivity index (χ0n) is 10.0. The Bertz CT molecular complexity index is 221. The summed E-state index contributed by atoms with van der Waals surface area (Å²) in [6.45, 7) is 4.61. The molecule has 0 amide bonds. The zero-order valence-corrected chi connectivity index (χ0v) is 10.8. The molecule has 0 heterocycles. The Morgan fingerprint density at radius 3 is 1.67 bits per heavy atom. The van der Waals surface area contributed by atoms with Crippen LogP contribution in [0.1, 0.15) is 52.4 Å². The van der Waals surface area contributed by atoms with E-state index in [1.165, 1.54) is 19.3 Å². The summed E-state index contributed by atoms with van der Waals surface area (Å²) in [7, 11) is 0. The van der Waals surface area contributed by atoms with Crippen LogP contribution in [0, 0.1) is 29.1 Å². The minimum atomic E-state index is 0.362. The van der Waals surface area contributed by atoms with Crippen LogP contribution < -0.4 is 0 Å². The van der Waals surface area contributed by atoms with Gasteiger partial charge >= 0.3 is 0 Å². The molecule has 1 heteroatoms. The van der Waals surface area contributed by atoms with Crippen molar-refractivity contribution < 1.29 is 0 Å². The molecule has 2 unspecified atom stereocenters. The summed E-state index contributed by atoms with van der Waals surface area (Å²) < 4.78 is 0. The predicted molar refractivity (Wildman–Crippen MR) is 65.1 cm³/mol. The van der Waals surface area contributed by atoms with E-state index < -0.39 is 0 Å². The summed E-state index contributed by atoms with van der Waals surface area (Å²) >= 11 is 6.36. The van der Waals surface area contributed by atoms with E-state index in [1.807, 2.05) is 0 Å². The molecule has 0 saturated heterocycles. The molecule has 4 aliphatic rings. The fraction of sp³-hybridized carbons (Fsp3) is 1.00. The molecule has 4 bridgehead atoms. The quantitative estimate of drug-likeness (QED) is 0.610. The standard InChI is InChI=1S/C14H23Cl/c1-9(10(2)15)14-6-11-3-12(7-14)5-13(4-11)8-14/h9-13H,3-8H2,1-2H3. The first-order valence-electron chi connectivity index (χ1n) is 6.73. The molecule has 4 saturated carbocycles. The average molecular weight is 227 g/mol. The minimum absolute atomic E-state index is 0.362. The van der Waals surface area contributed by atoms with Crippen LogP contribution in [0.2, 0.25) is 0 Å². The van der Waals surface area contributed by atoms with E-state index in [2.05, 4.69) is 13.8 Å². The van der Waals surface area contributed by atoms with Gasteiger partial charge in [-0.15, -0.1) is 11.6 Å². The van der Waals surface area contributed by atoms with Gasteiger partial charge in [-0.2, -0.15) is 0 Å². The van der Waals surface area contributed by atoms with Crippen molar-refractivity contribution in [2.24, 2.45) is 29.1 Å². The Kier molecular flexibility index (Phi) is 2.36. The van der Waals surface area contributed by atoms with Crippen molar-refractivity contribution in [3.63, 3.8) is 0 Å². The normalized spacial score (nSPS) is 51.8. The van der Waals surface area contributed by atoms with E-state index in [-0.39, 0.29) is 0 Å². The van der Waals surface area contributed by atoms with Crippen LogP contribution in [-0.2, 0) is 0 Å². The second kappa shape index (κ2) is 3.39. The SMILES string of the molecule is CC(Cl)C(C)C12CC3CC(CC(C3)C1)C2. The third-order valence-electron chi connectivity index (χ3n) is 5.74. The Balaban J connectivity index is 1.86. The molecule has 4 rings (SSSR count). The van der Waals surface area contributed by atoms with Gasteiger partial charge in [0.15, 0.2) is 0 Å². The van der Waals surface area contributed by atoms with Crippen molar-refractivity contribution in [3.8, 4) is 0 Å². The van der Waals surface area contributed by atoms with Crippen molar-refractivity contribution >= 4 is 11.6 Å². The molecule has 4 fully saturated rings. The molecule has 0 aliphatic heterocycles. The van der Waals surface area contributed by atoms with Gasteiger partial charge in [-0.25, -0.2) is 0 Å². The maximum atomic E-state index is 6.36.